The number of hydrogen-bond acceptors (Lipinski definition) is 3. The fraction of sp³-hybridized carbons (Fsp3) is 0.167. The molecule has 0 amide bonds. The predicted molar refractivity (Wildman–Crippen MR) is 67.3 cm³/mol. The smallest absolute Gasteiger partial charge is 0.341 e. The number of rotatable bonds is 3. The van der Waals surface area contributed by atoms with Crippen LogP contribution in [-0.2, 0) is 4.79 Å². The number of fused-ring (bicyclic) bond motifs is 1. The summed E-state index contributed by atoms with van der Waals surface area (Å²) in [6.07, 6.45) is 1.60. The van der Waals surface area contributed by atoms with Gasteiger partial charge in [0, 0.05) is 16.1 Å². The first-order chi connectivity index (χ1) is 8.08. The molecule has 1 heterocycles. The van der Waals surface area contributed by atoms with Crippen LogP contribution in [0.25, 0.3) is 10.9 Å². The van der Waals surface area contributed by atoms with Gasteiger partial charge in [0.05, 0.1) is 5.52 Å². The van der Waals surface area contributed by atoms with Crippen molar-refractivity contribution in [3.63, 3.8) is 0 Å². The number of aromatic nitrogens is 1. The number of carboxylic acid groups (broad SMARTS) is 1. The van der Waals surface area contributed by atoms with E-state index in [1.165, 1.54) is 0 Å². The first-order valence-corrected chi connectivity index (χ1v) is 5.76. The predicted octanol–water partition coefficient (Wildman–Crippen LogP) is 2.77. The van der Waals surface area contributed by atoms with Crippen molar-refractivity contribution in [3.05, 3.63) is 34.4 Å². The Labute approximate surface area is 106 Å². The van der Waals surface area contributed by atoms with E-state index in [0.717, 1.165) is 20.9 Å². The van der Waals surface area contributed by atoms with Gasteiger partial charge < -0.3 is 9.84 Å². The molecule has 2 rings (SSSR count). The molecule has 1 aromatic heterocycles. The van der Waals surface area contributed by atoms with Gasteiger partial charge in [-0.3, -0.25) is 4.98 Å². The quantitative estimate of drug-likeness (QED) is 0.946. The zero-order valence-electron chi connectivity index (χ0n) is 9.11. The number of benzene rings is 1. The fourth-order valence-electron chi connectivity index (χ4n) is 1.59. The second kappa shape index (κ2) is 4.71. The average molecular weight is 296 g/mol. The molecule has 0 radical (unpaired) electrons. The maximum Gasteiger partial charge on any atom is 0.341 e. The number of halogens is 1. The van der Waals surface area contributed by atoms with Crippen LogP contribution in [0.15, 0.2) is 28.9 Å². The van der Waals surface area contributed by atoms with Crippen LogP contribution in [-0.4, -0.2) is 22.7 Å². The van der Waals surface area contributed by atoms with Gasteiger partial charge in [0.15, 0.2) is 6.61 Å². The summed E-state index contributed by atoms with van der Waals surface area (Å²) in [4.78, 5) is 14.7. The van der Waals surface area contributed by atoms with E-state index < -0.39 is 5.97 Å². The summed E-state index contributed by atoms with van der Waals surface area (Å²) in [5, 5.41) is 9.41. The molecule has 0 unspecified atom stereocenters. The van der Waals surface area contributed by atoms with Crippen molar-refractivity contribution in [2.45, 2.75) is 6.92 Å². The summed E-state index contributed by atoms with van der Waals surface area (Å²) in [5.41, 5.74) is 1.82. The van der Waals surface area contributed by atoms with Gasteiger partial charge in [-0.05, 0) is 46.6 Å². The lowest BCUT2D eigenvalue weighted by Crippen LogP contribution is -2.09. The second-order valence-corrected chi connectivity index (χ2v) is 4.49. The minimum absolute atomic E-state index is 0.356. The van der Waals surface area contributed by atoms with E-state index in [1.807, 2.05) is 19.1 Å². The molecular formula is C12H10BrNO3. The number of aryl methyl sites for hydroxylation is 1. The summed E-state index contributed by atoms with van der Waals surface area (Å²) in [6.45, 7) is 1.60. The van der Waals surface area contributed by atoms with Gasteiger partial charge in [-0.15, -0.1) is 0 Å². The van der Waals surface area contributed by atoms with Gasteiger partial charge in [-0.2, -0.15) is 0 Å². The maximum absolute atomic E-state index is 10.5. The number of pyridine rings is 1. The Morgan fingerprint density at radius 3 is 3.00 bits per heavy atom. The van der Waals surface area contributed by atoms with Crippen LogP contribution < -0.4 is 4.74 Å². The van der Waals surface area contributed by atoms with Crippen molar-refractivity contribution in [1.29, 1.82) is 0 Å². The van der Waals surface area contributed by atoms with Gasteiger partial charge >= 0.3 is 5.97 Å². The SMILES string of the molecule is Cc1cc(Br)c2nccc(OCC(=O)O)c2c1. The third-order valence-electron chi connectivity index (χ3n) is 2.25. The third kappa shape index (κ3) is 2.55. The molecule has 4 nitrogen and oxygen atoms in total. The van der Waals surface area contributed by atoms with E-state index in [1.54, 1.807) is 12.3 Å². The Hall–Kier alpha value is -1.62. The fourth-order valence-corrected chi connectivity index (χ4v) is 2.27. The van der Waals surface area contributed by atoms with E-state index in [0.29, 0.717) is 5.75 Å². The monoisotopic (exact) mass is 295 g/mol. The van der Waals surface area contributed by atoms with E-state index in [-0.39, 0.29) is 6.61 Å². The Kier molecular flexibility index (Phi) is 3.28. The molecule has 0 bridgehead atoms. The van der Waals surface area contributed by atoms with Gasteiger partial charge in [-0.25, -0.2) is 4.79 Å². The molecule has 17 heavy (non-hydrogen) atoms. The first kappa shape index (κ1) is 11.9. The Bertz CT molecular complexity index is 583. The average Bonchev–Trinajstić information content (AvgIpc) is 2.26. The largest absolute Gasteiger partial charge is 0.481 e. The molecule has 5 heteroatoms. The van der Waals surface area contributed by atoms with Crippen LogP contribution in [0, 0.1) is 6.92 Å². The summed E-state index contributed by atoms with van der Waals surface area (Å²) < 4.78 is 6.10. The summed E-state index contributed by atoms with van der Waals surface area (Å²) in [6, 6.07) is 5.54. The molecule has 0 aliphatic carbocycles. The number of aliphatic carboxylic acids is 1. The molecule has 0 saturated carbocycles. The first-order valence-electron chi connectivity index (χ1n) is 4.97. The van der Waals surface area contributed by atoms with E-state index in [9.17, 15) is 4.79 Å². The normalized spacial score (nSPS) is 10.5. The van der Waals surface area contributed by atoms with Crippen LogP contribution in [0.4, 0.5) is 0 Å². The molecule has 0 aliphatic heterocycles. The zero-order valence-corrected chi connectivity index (χ0v) is 10.7. The zero-order chi connectivity index (χ0) is 12.4. The van der Waals surface area contributed by atoms with Crippen molar-refractivity contribution in [1.82, 2.24) is 4.98 Å². The molecule has 1 N–H and O–H groups in total. The lowest BCUT2D eigenvalue weighted by atomic mass is 10.1. The van der Waals surface area contributed by atoms with Gasteiger partial charge in [0.1, 0.15) is 5.75 Å². The minimum Gasteiger partial charge on any atom is -0.481 e. The van der Waals surface area contributed by atoms with E-state index in [4.69, 9.17) is 9.84 Å². The van der Waals surface area contributed by atoms with Gasteiger partial charge in [0.25, 0.3) is 0 Å². The molecule has 0 spiro atoms. The number of carbonyl (C=O) groups is 1. The number of nitrogens with zero attached hydrogens (tertiary/aromatic N) is 1. The highest BCUT2D eigenvalue weighted by molar-refractivity contribution is 9.10. The topological polar surface area (TPSA) is 59.4 Å². The van der Waals surface area contributed by atoms with Crippen molar-refractivity contribution in [3.8, 4) is 5.75 Å². The van der Waals surface area contributed by atoms with Crippen molar-refractivity contribution >= 4 is 32.8 Å². The number of ether oxygens (including phenoxy) is 1. The standard InChI is InChI=1S/C12H10BrNO3/c1-7-4-8-10(17-6-11(15)16)2-3-14-12(8)9(13)5-7/h2-5H,6H2,1H3,(H,15,16). The van der Waals surface area contributed by atoms with Crippen molar-refractivity contribution < 1.29 is 14.6 Å². The molecular weight excluding hydrogens is 286 g/mol. The van der Waals surface area contributed by atoms with Gasteiger partial charge in [0.2, 0.25) is 0 Å². The summed E-state index contributed by atoms with van der Waals surface area (Å²) in [7, 11) is 0. The number of carboxylic acids is 1. The Balaban J connectivity index is 2.52. The lowest BCUT2D eigenvalue weighted by Gasteiger charge is -2.08. The van der Waals surface area contributed by atoms with Crippen molar-refractivity contribution in [2.75, 3.05) is 6.61 Å². The highest BCUT2D eigenvalue weighted by Gasteiger charge is 2.08. The summed E-state index contributed by atoms with van der Waals surface area (Å²) in [5.74, 6) is -0.469. The Morgan fingerprint density at radius 2 is 2.29 bits per heavy atom. The Morgan fingerprint density at radius 1 is 1.53 bits per heavy atom. The maximum atomic E-state index is 10.5. The van der Waals surface area contributed by atoms with E-state index >= 15 is 0 Å². The van der Waals surface area contributed by atoms with Crippen LogP contribution in [0.1, 0.15) is 5.56 Å². The van der Waals surface area contributed by atoms with Gasteiger partial charge in [-0.1, -0.05) is 0 Å². The van der Waals surface area contributed by atoms with Crippen LogP contribution in [0.2, 0.25) is 0 Å². The molecule has 2 aromatic rings. The summed E-state index contributed by atoms with van der Waals surface area (Å²) >= 11 is 3.43. The third-order valence-corrected chi connectivity index (χ3v) is 2.86. The highest BCUT2D eigenvalue weighted by Crippen LogP contribution is 2.30. The highest BCUT2D eigenvalue weighted by atomic mass is 79.9. The van der Waals surface area contributed by atoms with E-state index in [2.05, 4.69) is 20.9 Å². The van der Waals surface area contributed by atoms with Crippen LogP contribution in [0.3, 0.4) is 0 Å². The minimum atomic E-state index is -0.998. The van der Waals surface area contributed by atoms with Crippen molar-refractivity contribution in [2.24, 2.45) is 0 Å². The second-order valence-electron chi connectivity index (χ2n) is 3.63. The lowest BCUT2D eigenvalue weighted by molar-refractivity contribution is -0.139. The van der Waals surface area contributed by atoms with Crippen LogP contribution >= 0.6 is 15.9 Å². The van der Waals surface area contributed by atoms with Crippen LogP contribution in [0.5, 0.6) is 5.75 Å². The molecule has 1 aromatic carbocycles. The number of hydrogen-bond donors (Lipinski definition) is 1. The molecule has 0 saturated heterocycles. The molecule has 0 atom stereocenters. The molecule has 0 fully saturated rings. The molecule has 0 aliphatic rings. The molecule has 88 valence electrons.